The van der Waals surface area contributed by atoms with Gasteiger partial charge in [-0.15, -0.1) is 5.53 Å². The van der Waals surface area contributed by atoms with Gasteiger partial charge in [0.2, 0.25) is 5.88 Å². The molecular weight excluding hydrogens is 182 g/mol. The van der Waals surface area contributed by atoms with E-state index in [4.69, 9.17) is 4.42 Å². The maximum Gasteiger partial charge on any atom is 0.215 e. The standard InChI is InChI=1S/C8H7N5O/c1-2-8(14-3-1)12-4-7-10-5-9-6-13(7)11-12/h1-6,11H. The smallest absolute Gasteiger partial charge is 0.215 e. The van der Waals surface area contributed by atoms with E-state index in [1.807, 2.05) is 18.3 Å². The van der Waals surface area contributed by atoms with Crippen molar-refractivity contribution in [1.29, 1.82) is 0 Å². The van der Waals surface area contributed by atoms with Crippen LogP contribution < -0.4 is 10.5 Å². The summed E-state index contributed by atoms with van der Waals surface area (Å²) in [7, 11) is 0. The summed E-state index contributed by atoms with van der Waals surface area (Å²) >= 11 is 0. The van der Waals surface area contributed by atoms with Crippen LogP contribution in [0, 0.1) is 0 Å². The molecule has 0 saturated heterocycles. The largest absolute Gasteiger partial charge is 0.447 e. The van der Waals surface area contributed by atoms with E-state index in [2.05, 4.69) is 15.5 Å². The Labute approximate surface area is 79.8 Å². The molecule has 1 N–H and O–H groups in total. The second-order valence-corrected chi connectivity index (χ2v) is 2.79. The van der Waals surface area contributed by atoms with E-state index in [0.29, 0.717) is 5.88 Å². The fraction of sp³-hybridized carbons (Fsp3) is 0. The summed E-state index contributed by atoms with van der Waals surface area (Å²) in [5.74, 6) is 1.48. The molecular formula is C8H7N5O. The lowest BCUT2D eigenvalue weighted by Crippen LogP contribution is -2.40. The average Bonchev–Trinajstić information content (AvgIpc) is 2.86. The highest BCUT2D eigenvalue weighted by molar-refractivity contribution is 5.76. The van der Waals surface area contributed by atoms with E-state index in [1.165, 1.54) is 6.34 Å². The number of hydrazine groups is 2. The Hall–Kier alpha value is -2.08. The maximum atomic E-state index is 5.22. The number of hydrogen-bond donors (Lipinski definition) is 1. The van der Waals surface area contributed by atoms with Crippen LogP contribution in [0.25, 0.3) is 0 Å². The molecule has 0 fully saturated rings. The summed E-state index contributed by atoms with van der Waals surface area (Å²) in [6.07, 6.45) is 6.57. The van der Waals surface area contributed by atoms with Gasteiger partial charge in [-0.1, -0.05) is 0 Å². The predicted molar refractivity (Wildman–Crippen MR) is 51.2 cm³/mol. The third-order valence-electron chi connectivity index (χ3n) is 1.89. The first-order valence-electron chi connectivity index (χ1n) is 4.09. The van der Waals surface area contributed by atoms with Gasteiger partial charge in [-0.3, -0.25) is 0 Å². The Balaban J connectivity index is 1.91. The molecule has 70 valence electrons. The summed E-state index contributed by atoms with van der Waals surface area (Å²) in [4.78, 5) is 7.95. The van der Waals surface area contributed by atoms with Crippen molar-refractivity contribution in [1.82, 2.24) is 10.5 Å². The second-order valence-electron chi connectivity index (χ2n) is 2.79. The summed E-state index contributed by atoms with van der Waals surface area (Å²) in [6, 6.07) is 3.67. The summed E-state index contributed by atoms with van der Waals surface area (Å²) in [6.45, 7) is 0. The van der Waals surface area contributed by atoms with Gasteiger partial charge in [-0.25, -0.2) is 20.0 Å². The molecule has 6 nitrogen and oxygen atoms in total. The zero-order valence-corrected chi connectivity index (χ0v) is 7.16. The number of rotatable bonds is 1. The van der Waals surface area contributed by atoms with E-state index < -0.39 is 0 Å². The Morgan fingerprint density at radius 1 is 1.36 bits per heavy atom. The van der Waals surface area contributed by atoms with Crippen molar-refractivity contribution in [2.24, 2.45) is 9.98 Å². The van der Waals surface area contributed by atoms with Gasteiger partial charge in [0.25, 0.3) is 0 Å². The van der Waals surface area contributed by atoms with Crippen molar-refractivity contribution in [2.45, 2.75) is 0 Å². The van der Waals surface area contributed by atoms with Crippen molar-refractivity contribution >= 4 is 18.6 Å². The fourth-order valence-electron chi connectivity index (χ4n) is 1.26. The summed E-state index contributed by atoms with van der Waals surface area (Å²) < 4.78 is 5.22. The average molecular weight is 189 g/mol. The van der Waals surface area contributed by atoms with Crippen LogP contribution in [0.2, 0.25) is 0 Å². The Morgan fingerprint density at radius 3 is 3.14 bits per heavy atom. The summed E-state index contributed by atoms with van der Waals surface area (Å²) in [5.41, 5.74) is 3.01. The minimum absolute atomic E-state index is 0.704. The predicted octanol–water partition coefficient (Wildman–Crippen LogP) is 0.690. The number of nitrogens with zero attached hydrogens (tertiary/aromatic N) is 4. The Morgan fingerprint density at radius 2 is 2.36 bits per heavy atom. The molecule has 0 unspecified atom stereocenters. The fourth-order valence-corrected chi connectivity index (χ4v) is 1.26. The van der Waals surface area contributed by atoms with Crippen LogP contribution >= 0.6 is 0 Å². The number of aliphatic imine (C=N–C) groups is 2. The molecule has 1 aromatic rings. The van der Waals surface area contributed by atoms with Crippen molar-refractivity contribution in [3.05, 3.63) is 30.4 Å². The highest BCUT2D eigenvalue weighted by Crippen LogP contribution is 2.20. The van der Waals surface area contributed by atoms with E-state index in [0.717, 1.165) is 5.82 Å². The zero-order valence-electron chi connectivity index (χ0n) is 7.16. The Bertz CT molecular complexity index is 419. The minimum atomic E-state index is 0.704. The van der Waals surface area contributed by atoms with Crippen molar-refractivity contribution < 1.29 is 4.42 Å². The normalized spacial score (nSPS) is 18.7. The molecule has 0 spiro atoms. The third kappa shape index (κ3) is 1.01. The highest BCUT2D eigenvalue weighted by atomic mass is 16.4. The topological polar surface area (TPSA) is 56.4 Å². The molecule has 0 aliphatic carbocycles. The van der Waals surface area contributed by atoms with Gasteiger partial charge < -0.3 is 4.42 Å². The lowest BCUT2D eigenvalue weighted by atomic mass is 10.6. The summed E-state index contributed by atoms with van der Waals surface area (Å²) in [5, 5.41) is 3.42. The molecule has 0 amide bonds. The van der Waals surface area contributed by atoms with Crippen LogP contribution in [-0.2, 0) is 0 Å². The lowest BCUT2D eigenvalue weighted by molar-refractivity contribution is 0.403. The highest BCUT2D eigenvalue weighted by Gasteiger charge is 2.22. The number of nitrogens with one attached hydrogen (secondary N) is 1. The molecule has 3 rings (SSSR count). The molecule has 1 aromatic heterocycles. The van der Waals surface area contributed by atoms with Gasteiger partial charge in [0.15, 0.2) is 5.82 Å². The van der Waals surface area contributed by atoms with Crippen LogP contribution in [0.1, 0.15) is 0 Å². The maximum absolute atomic E-state index is 5.22. The lowest BCUT2D eigenvalue weighted by Gasteiger charge is -2.17. The SMILES string of the molecule is C1=NC=NC2=CN(c3ccco3)NN12. The van der Waals surface area contributed by atoms with Crippen LogP contribution in [0.5, 0.6) is 0 Å². The molecule has 0 bridgehead atoms. The van der Waals surface area contributed by atoms with Crippen LogP contribution in [0.3, 0.4) is 0 Å². The number of anilines is 1. The van der Waals surface area contributed by atoms with Gasteiger partial charge in [0.1, 0.15) is 12.7 Å². The molecule has 6 heteroatoms. The number of fused-ring (bicyclic) bond motifs is 1. The molecule has 14 heavy (non-hydrogen) atoms. The van der Waals surface area contributed by atoms with E-state index in [-0.39, 0.29) is 0 Å². The van der Waals surface area contributed by atoms with Gasteiger partial charge >= 0.3 is 0 Å². The first-order chi connectivity index (χ1) is 6.93. The van der Waals surface area contributed by atoms with E-state index in [1.54, 1.807) is 22.6 Å². The molecule has 2 aliphatic heterocycles. The number of furan rings is 1. The first-order valence-corrected chi connectivity index (χ1v) is 4.09. The molecule has 0 aromatic carbocycles. The molecule has 0 atom stereocenters. The third-order valence-corrected chi connectivity index (χ3v) is 1.89. The van der Waals surface area contributed by atoms with Gasteiger partial charge in [-0.05, 0) is 6.07 Å². The zero-order chi connectivity index (χ0) is 9.38. The van der Waals surface area contributed by atoms with E-state index in [9.17, 15) is 0 Å². The van der Waals surface area contributed by atoms with Crippen molar-refractivity contribution in [3.63, 3.8) is 0 Å². The van der Waals surface area contributed by atoms with Crippen molar-refractivity contribution in [2.75, 3.05) is 5.01 Å². The Kier molecular flexibility index (Phi) is 1.42. The molecule has 0 radical (unpaired) electrons. The van der Waals surface area contributed by atoms with Gasteiger partial charge in [0, 0.05) is 6.07 Å². The van der Waals surface area contributed by atoms with Crippen LogP contribution in [0.4, 0.5) is 5.88 Å². The molecule has 0 saturated carbocycles. The minimum Gasteiger partial charge on any atom is -0.447 e. The number of hydrogen-bond acceptors (Lipinski definition) is 6. The van der Waals surface area contributed by atoms with Crippen molar-refractivity contribution in [3.8, 4) is 0 Å². The molecule has 2 aliphatic rings. The second kappa shape index (κ2) is 2.71. The first kappa shape index (κ1) is 7.34. The molecule has 3 heterocycles. The quantitative estimate of drug-likeness (QED) is 0.706. The van der Waals surface area contributed by atoms with Crippen LogP contribution in [-0.4, -0.2) is 17.7 Å². The monoisotopic (exact) mass is 189 g/mol. The van der Waals surface area contributed by atoms with Crippen LogP contribution in [0.15, 0.2) is 44.8 Å². The van der Waals surface area contributed by atoms with Gasteiger partial charge in [-0.2, -0.15) is 0 Å². The van der Waals surface area contributed by atoms with Gasteiger partial charge in [0.05, 0.1) is 12.5 Å². The van der Waals surface area contributed by atoms with E-state index >= 15 is 0 Å².